The summed E-state index contributed by atoms with van der Waals surface area (Å²) in [7, 11) is 0. The van der Waals surface area contributed by atoms with Gasteiger partial charge in [0, 0.05) is 16.9 Å². The Hall–Kier alpha value is -0.650. The van der Waals surface area contributed by atoms with Crippen molar-refractivity contribution in [3.8, 4) is 0 Å². The summed E-state index contributed by atoms with van der Waals surface area (Å²) in [5.74, 6) is 0.0546. The molecule has 2 bridgehead atoms. The molecule has 1 aliphatic heterocycles. The number of ether oxygens (including phenoxy) is 1. The molecule has 1 aliphatic carbocycles. The van der Waals surface area contributed by atoms with Gasteiger partial charge in [0.1, 0.15) is 5.60 Å². The van der Waals surface area contributed by atoms with Gasteiger partial charge in [0.15, 0.2) is 0 Å². The predicted octanol–water partition coefficient (Wildman–Crippen LogP) is 3.54. The summed E-state index contributed by atoms with van der Waals surface area (Å²) in [6, 6.07) is -0.560. The molecule has 0 aromatic carbocycles. The van der Waals surface area contributed by atoms with E-state index < -0.39 is 23.8 Å². The molecule has 6 heteroatoms. The first-order valence-electron chi connectivity index (χ1n) is 5.88. The molecule has 3 nitrogen and oxygen atoms in total. The summed E-state index contributed by atoms with van der Waals surface area (Å²) in [5, 5.41) is 0. The quantitative estimate of drug-likeness (QED) is 0.638. The number of hydrogen-bond donors (Lipinski definition) is 0. The van der Waals surface area contributed by atoms with Gasteiger partial charge in [-0.2, -0.15) is 8.78 Å². The minimum atomic E-state index is -1.67. The highest BCUT2D eigenvalue weighted by Crippen LogP contribution is 2.47. The Morgan fingerprint density at radius 1 is 1.44 bits per heavy atom. The largest absolute Gasteiger partial charge is 0.444 e. The van der Waals surface area contributed by atoms with Crippen LogP contribution in [0.5, 0.6) is 0 Å². The number of amides is 1. The van der Waals surface area contributed by atoms with Crippen LogP contribution in [0.1, 0.15) is 27.2 Å². The molecule has 0 radical (unpaired) electrons. The van der Waals surface area contributed by atoms with Crippen LogP contribution in [0.4, 0.5) is 13.6 Å². The second-order valence-corrected chi connectivity index (χ2v) is 6.83. The van der Waals surface area contributed by atoms with Gasteiger partial charge in [-0.1, -0.05) is 15.9 Å². The average molecular weight is 324 g/mol. The van der Waals surface area contributed by atoms with Gasteiger partial charge in [-0.3, -0.25) is 4.90 Å². The van der Waals surface area contributed by atoms with Crippen molar-refractivity contribution >= 4 is 22.0 Å². The zero-order valence-corrected chi connectivity index (χ0v) is 12.1. The molecule has 1 saturated heterocycles. The van der Waals surface area contributed by atoms with E-state index in [2.05, 4.69) is 15.9 Å². The fourth-order valence-corrected chi connectivity index (χ4v) is 3.51. The minimum Gasteiger partial charge on any atom is -0.444 e. The number of fused-ring (bicyclic) bond motifs is 2. The van der Waals surface area contributed by atoms with Crippen molar-refractivity contribution < 1.29 is 18.3 Å². The van der Waals surface area contributed by atoms with Crippen molar-refractivity contribution in [2.45, 2.75) is 43.7 Å². The van der Waals surface area contributed by atoms with E-state index in [1.54, 1.807) is 20.8 Å². The van der Waals surface area contributed by atoms with Crippen LogP contribution in [-0.4, -0.2) is 34.0 Å². The lowest BCUT2D eigenvalue weighted by Gasteiger charge is -2.31. The molecule has 2 fully saturated rings. The highest BCUT2D eigenvalue weighted by atomic mass is 79.9. The van der Waals surface area contributed by atoms with E-state index in [0.717, 1.165) is 0 Å². The molecule has 18 heavy (non-hydrogen) atoms. The van der Waals surface area contributed by atoms with Crippen LogP contribution in [0.15, 0.2) is 11.7 Å². The molecule has 0 unspecified atom stereocenters. The van der Waals surface area contributed by atoms with E-state index in [0.29, 0.717) is 13.0 Å². The van der Waals surface area contributed by atoms with Crippen molar-refractivity contribution in [2.75, 3.05) is 6.54 Å². The van der Waals surface area contributed by atoms with Crippen LogP contribution >= 0.6 is 15.9 Å². The average Bonchev–Trinajstić information content (AvgIpc) is 2.69. The fraction of sp³-hybridized carbons (Fsp3) is 0.750. The van der Waals surface area contributed by atoms with Crippen molar-refractivity contribution in [1.82, 2.24) is 4.90 Å². The van der Waals surface area contributed by atoms with Crippen LogP contribution in [0.2, 0.25) is 0 Å². The van der Waals surface area contributed by atoms with E-state index in [4.69, 9.17) is 4.74 Å². The van der Waals surface area contributed by atoms with Crippen molar-refractivity contribution in [1.29, 1.82) is 0 Å². The number of likely N-dealkylation sites (tertiary alicyclic amines) is 1. The Morgan fingerprint density at radius 3 is 2.50 bits per heavy atom. The van der Waals surface area contributed by atoms with E-state index in [9.17, 15) is 13.6 Å². The van der Waals surface area contributed by atoms with Gasteiger partial charge in [0.25, 0.3) is 6.08 Å². The topological polar surface area (TPSA) is 29.5 Å². The molecule has 1 saturated carbocycles. The molecule has 102 valence electrons. The molecule has 0 aromatic rings. The number of nitrogens with zero attached hydrogens (tertiary/aromatic N) is 1. The first kappa shape index (κ1) is 13.8. The normalized spacial score (nSPS) is 30.9. The fourth-order valence-electron chi connectivity index (χ4n) is 2.55. The Bertz CT molecular complexity index is 401. The van der Waals surface area contributed by atoms with E-state index in [-0.39, 0.29) is 16.3 Å². The van der Waals surface area contributed by atoms with Gasteiger partial charge in [0.05, 0.1) is 6.04 Å². The molecular weight excluding hydrogens is 308 g/mol. The van der Waals surface area contributed by atoms with Crippen molar-refractivity contribution in [3.63, 3.8) is 0 Å². The number of carbonyl (C=O) groups is 1. The molecule has 0 spiro atoms. The number of halogens is 3. The maximum Gasteiger partial charge on any atom is 0.410 e. The van der Waals surface area contributed by atoms with Crippen LogP contribution in [-0.2, 0) is 4.74 Å². The highest BCUT2D eigenvalue weighted by Gasteiger charge is 2.53. The van der Waals surface area contributed by atoms with Crippen LogP contribution in [0, 0.1) is 5.92 Å². The van der Waals surface area contributed by atoms with Crippen molar-refractivity contribution in [2.24, 2.45) is 5.92 Å². The maximum atomic E-state index is 12.8. The SMILES string of the molecule is CC(C)(C)OC(=O)N1C[C@H]2CC(=C(F)F)[C@@H]1[C@@H]2Br. The van der Waals surface area contributed by atoms with E-state index in [1.807, 2.05) is 0 Å². The summed E-state index contributed by atoms with van der Waals surface area (Å²) in [6.45, 7) is 5.76. The summed E-state index contributed by atoms with van der Waals surface area (Å²) in [6.07, 6.45) is -1.82. The number of alkyl halides is 1. The van der Waals surface area contributed by atoms with Gasteiger partial charge >= 0.3 is 6.09 Å². The predicted molar refractivity (Wildman–Crippen MR) is 66.8 cm³/mol. The summed E-state index contributed by atoms with van der Waals surface area (Å²) < 4.78 is 30.9. The third-order valence-corrected chi connectivity index (χ3v) is 4.48. The molecule has 2 rings (SSSR count). The summed E-state index contributed by atoms with van der Waals surface area (Å²) in [5.41, 5.74) is -0.544. The monoisotopic (exact) mass is 323 g/mol. The maximum absolute atomic E-state index is 12.8. The molecule has 0 aromatic heterocycles. The van der Waals surface area contributed by atoms with Gasteiger partial charge < -0.3 is 4.74 Å². The van der Waals surface area contributed by atoms with Gasteiger partial charge in [-0.05, 0) is 33.1 Å². The molecule has 1 heterocycles. The molecule has 3 atom stereocenters. The first-order valence-corrected chi connectivity index (χ1v) is 6.80. The first-order chi connectivity index (χ1) is 8.20. The Labute approximate surface area is 113 Å². The van der Waals surface area contributed by atoms with E-state index in [1.165, 1.54) is 4.90 Å². The molecular formula is C12H16BrF2NO2. The smallest absolute Gasteiger partial charge is 0.410 e. The third kappa shape index (κ3) is 2.39. The summed E-state index contributed by atoms with van der Waals surface area (Å²) in [4.78, 5) is 13.3. The second-order valence-electron chi connectivity index (χ2n) is 5.77. The number of piperidine rings is 1. The number of rotatable bonds is 0. The second kappa shape index (κ2) is 4.47. The van der Waals surface area contributed by atoms with Gasteiger partial charge in [-0.15, -0.1) is 0 Å². The standard InChI is InChI=1S/C12H16BrF2NO2/c1-12(2,3)18-11(17)16-5-6-4-7(10(14)15)9(16)8(6)13/h6,8-9H,4-5H2,1-3H3/t6-,8-,9-/m1/s1. The Balaban J connectivity index is 2.18. The third-order valence-electron chi connectivity index (χ3n) is 3.23. The van der Waals surface area contributed by atoms with Gasteiger partial charge in [0.2, 0.25) is 0 Å². The summed E-state index contributed by atoms with van der Waals surface area (Å²) >= 11 is 3.41. The number of carbonyl (C=O) groups excluding carboxylic acids is 1. The lowest BCUT2D eigenvalue weighted by atomic mass is 10.1. The highest BCUT2D eigenvalue weighted by molar-refractivity contribution is 9.09. The number of hydrogen-bond acceptors (Lipinski definition) is 2. The van der Waals surface area contributed by atoms with E-state index >= 15 is 0 Å². The van der Waals surface area contributed by atoms with Crippen LogP contribution in [0.25, 0.3) is 0 Å². The lowest BCUT2D eigenvalue weighted by molar-refractivity contribution is 0.0224. The lowest BCUT2D eigenvalue weighted by Crippen LogP contribution is -2.43. The van der Waals surface area contributed by atoms with Crippen LogP contribution in [0.3, 0.4) is 0 Å². The zero-order chi connectivity index (χ0) is 13.7. The molecule has 2 aliphatic rings. The molecule has 1 amide bonds. The van der Waals surface area contributed by atoms with Gasteiger partial charge in [-0.25, -0.2) is 4.79 Å². The zero-order valence-electron chi connectivity index (χ0n) is 10.5. The molecule has 0 N–H and O–H groups in total. The Kier molecular flexibility index (Phi) is 3.42. The van der Waals surface area contributed by atoms with Crippen molar-refractivity contribution in [3.05, 3.63) is 11.7 Å². The van der Waals surface area contributed by atoms with Crippen LogP contribution < -0.4 is 0 Å². The Morgan fingerprint density at radius 2 is 2.06 bits per heavy atom. The minimum absolute atomic E-state index is 0.0546.